The summed E-state index contributed by atoms with van der Waals surface area (Å²) in [5.41, 5.74) is 7.90. The van der Waals surface area contributed by atoms with Crippen LogP contribution in [0.2, 0.25) is 5.02 Å². The number of benzene rings is 2. The zero-order valence-corrected chi connectivity index (χ0v) is 17.4. The molecule has 4 rings (SSSR count). The van der Waals surface area contributed by atoms with Crippen LogP contribution in [0, 0.1) is 5.82 Å². The molecule has 0 saturated carbocycles. The molecule has 0 unspecified atom stereocenters. The highest BCUT2D eigenvalue weighted by Crippen LogP contribution is 2.38. The molecule has 0 bridgehead atoms. The number of nitrogens with two attached hydrogens (primary N) is 1. The summed E-state index contributed by atoms with van der Waals surface area (Å²) in [5, 5.41) is 2.67. The fraction of sp³-hybridized carbons (Fsp3) is 0.130. The summed E-state index contributed by atoms with van der Waals surface area (Å²) in [6.07, 6.45) is 2.63. The highest BCUT2D eigenvalue weighted by atomic mass is 35.5. The van der Waals surface area contributed by atoms with E-state index in [4.69, 9.17) is 22.1 Å². The Kier molecular flexibility index (Phi) is 5.87. The first kappa shape index (κ1) is 21.5. The van der Waals surface area contributed by atoms with E-state index in [0.29, 0.717) is 35.0 Å². The van der Waals surface area contributed by atoms with Crippen LogP contribution in [0.4, 0.5) is 9.18 Å². The van der Waals surface area contributed by atoms with Crippen molar-refractivity contribution in [2.24, 2.45) is 5.73 Å². The van der Waals surface area contributed by atoms with Gasteiger partial charge in [0.2, 0.25) is 0 Å². The molecular weight excluding hydrogens is 437 g/mol. The minimum Gasteiger partial charge on any atom is -0.452 e. The van der Waals surface area contributed by atoms with Crippen molar-refractivity contribution in [3.8, 4) is 0 Å². The fourth-order valence-corrected chi connectivity index (χ4v) is 3.93. The quantitative estimate of drug-likeness (QED) is 0.582. The van der Waals surface area contributed by atoms with Crippen LogP contribution in [0.1, 0.15) is 33.6 Å². The Hall–Kier alpha value is -3.78. The number of hydrogen-bond donors (Lipinski definition) is 2. The number of fused-ring (bicyclic) bond motifs is 2. The van der Waals surface area contributed by atoms with Gasteiger partial charge in [-0.1, -0.05) is 35.9 Å². The number of rotatable bonds is 4. The smallest absolute Gasteiger partial charge is 0.339 e. The number of allylic oxidation sites excluding steroid dienone is 1. The lowest BCUT2D eigenvalue weighted by atomic mass is 10.0. The number of carbonyl (C=O) groups excluding carboxylic acids is 3. The SMILES string of the molecule is NC(=O)NC(=O)COC(=O)c1c2c(nc3ccccc13)/C(=C/c1c(F)cccc1Cl)CC2. The first-order chi connectivity index (χ1) is 15.3. The third-order valence-corrected chi connectivity index (χ3v) is 5.39. The van der Waals surface area contributed by atoms with Gasteiger partial charge < -0.3 is 10.5 Å². The Morgan fingerprint density at radius 2 is 1.94 bits per heavy atom. The summed E-state index contributed by atoms with van der Waals surface area (Å²) < 4.78 is 19.4. The molecule has 0 spiro atoms. The van der Waals surface area contributed by atoms with Gasteiger partial charge in [-0.3, -0.25) is 10.1 Å². The van der Waals surface area contributed by atoms with Crippen LogP contribution in [-0.2, 0) is 16.0 Å². The molecule has 9 heteroatoms. The molecule has 0 aliphatic heterocycles. The first-order valence-corrected chi connectivity index (χ1v) is 10.1. The number of aromatic nitrogens is 1. The van der Waals surface area contributed by atoms with Gasteiger partial charge in [-0.05, 0) is 48.3 Å². The van der Waals surface area contributed by atoms with E-state index in [1.54, 1.807) is 36.4 Å². The summed E-state index contributed by atoms with van der Waals surface area (Å²) in [4.78, 5) is 40.1. The van der Waals surface area contributed by atoms with Crippen LogP contribution < -0.4 is 11.1 Å². The molecule has 1 aromatic heterocycles. The number of ether oxygens (including phenoxy) is 1. The van der Waals surface area contributed by atoms with Crippen LogP contribution in [0.3, 0.4) is 0 Å². The number of esters is 1. The predicted octanol–water partition coefficient (Wildman–Crippen LogP) is 3.87. The molecule has 3 N–H and O–H groups in total. The number of nitrogens with zero attached hydrogens (tertiary/aromatic N) is 1. The Labute approximate surface area is 187 Å². The number of urea groups is 1. The number of halogens is 2. The molecule has 1 aliphatic rings. The zero-order valence-electron chi connectivity index (χ0n) is 16.7. The van der Waals surface area contributed by atoms with Gasteiger partial charge >= 0.3 is 12.0 Å². The maximum absolute atomic E-state index is 14.3. The van der Waals surface area contributed by atoms with E-state index in [9.17, 15) is 18.8 Å². The van der Waals surface area contributed by atoms with Crippen molar-refractivity contribution < 1.29 is 23.5 Å². The van der Waals surface area contributed by atoms with Crippen molar-refractivity contribution in [3.05, 3.63) is 75.7 Å². The van der Waals surface area contributed by atoms with Crippen molar-refractivity contribution >= 4 is 52.1 Å². The van der Waals surface area contributed by atoms with Gasteiger partial charge in [0.05, 0.1) is 21.8 Å². The summed E-state index contributed by atoms with van der Waals surface area (Å²) in [5.74, 6) is -2.03. The van der Waals surface area contributed by atoms with E-state index >= 15 is 0 Å². The van der Waals surface area contributed by atoms with E-state index in [-0.39, 0.29) is 16.1 Å². The van der Waals surface area contributed by atoms with E-state index in [1.807, 2.05) is 5.32 Å². The summed E-state index contributed by atoms with van der Waals surface area (Å²) in [6, 6.07) is 10.4. The minimum absolute atomic E-state index is 0.249. The van der Waals surface area contributed by atoms with Crippen molar-refractivity contribution in [2.45, 2.75) is 12.8 Å². The Bertz CT molecular complexity index is 1290. The average molecular weight is 454 g/mol. The van der Waals surface area contributed by atoms with Crippen LogP contribution in [0.5, 0.6) is 0 Å². The van der Waals surface area contributed by atoms with Crippen molar-refractivity contribution in [1.82, 2.24) is 10.3 Å². The van der Waals surface area contributed by atoms with Crippen LogP contribution in [0.15, 0.2) is 42.5 Å². The van der Waals surface area contributed by atoms with Crippen molar-refractivity contribution in [2.75, 3.05) is 6.61 Å². The van der Waals surface area contributed by atoms with E-state index in [0.717, 1.165) is 5.57 Å². The number of nitrogens with one attached hydrogen (secondary N) is 1. The van der Waals surface area contributed by atoms with Crippen molar-refractivity contribution in [3.63, 3.8) is 0 Å². The second-order valence-electron chi connectivity index (χ2n) is 7.12. The maximum Gasteiger partial charge on any atom is 0.339 e. The number of carbonyl (C=O) groups is 3. The lowest BCUT2D eigenvalue weighted by molar-refractivity contribution is -0.123. The molecule has 162 valence electrons. The van der Waals surface area contributed by atoms with Gasteiger partial charge in [-0.2, -0.15) is 0 Å². The third kappa shape index (κ3) is 4.17. The van der Waals surface area contributed by atoms with E-state index < -0.39 is 30.3 Å². The molecule has 0 fully saturated rings. The predicted molar refractivity (Wildman–Crippen MR) is 117 cm³/mol. The summed E-state index contributed by atoms with van der Waals surface area (Å²) in [7, 11) is 0. The molecule has 3 amide bonds. The molecular formula is C23H17ClFN3O4. The van der Waals surface area contributed by atoms with Crippen LogP contribution in [-0.4, -0.2) is 29.5 Å². The second kappa shape index (κ2) is 8.76. The standard InChI is InChI=1S/C23H17ClFN3O4/c24-16-5-3-6-17(25)15(16)10-12-8-9-14-20(22(30)32-11-19(29)28-23(26)31)13-4-1-2-7-18(13)27-21(12)14/h1-7,10H,8-9,11H2,(H3,26,28,29,31)/b12-10+. The highest BCUT2D eigenvalue weighted by molar-refractivity contribution is 6.32. The van der Waals surface area contributed by atoms with Crippen molar-refractivity contribution in [1.29, 1.82) is 0 Å². The zero-order chi connectivity index (χ0) is 22.8. The second-order valence-corrected chi connectivity index (χ2v) is 7.53. The summed E-state index contributed by atoms with van der Waals surface area (Å²) in [6.45, 7) is -0.666. The fourth-order valence-electron chi connectivity index (χ4n) is 3.71. The number of para-hydroxylation sites is 1. The minimum atomic E-state index is -1.04. The Balaban J connectivity index is 1.77. The van der Waals surface area contributed by atoms with Gasteiger partial charge in [0, 0.05) is 10.9 Å². The Morgan fingerprint density at radius 3 is 2.69 bits per heavy atom. The monoisotopic (exact) mass is 453 g/mol. The number of hydrogen-bond acceptors (Lipinski definition) is 5. The van der Waals surface area contributed by atoms with Crippen LogP contribution in [0.25, 0.3) is 22.6 Å². The van der Waals surface area contributed by atoms with Gasteiger partial charge in [0.15, 0.2) is 6.61 Å². The molecule has 1 aliphatic carbocycles. The number of primary amides is 1. The molecule has 1 heterocycles. The largest absolute Gasteiger partial charge is 0.452 e. The van der Waals surface area contributed by atoms with Gasteiger partial charge in [0.1, 0.15) is 5.82 Å². The molecule has 0 saturated heterocycles. The van der Waals surface area contributed by atoms with Gasteiger partial charge in [-0.15, -0.1) is 0 Å². The number of amides is 3. The molecule has 0 radical (unpaired) electrons. The average Bonchev–Trinajstić information content (AvgIpc) is 3.14. The van der Waals surface area contributed by atoms with E-state index in [2.05, 4.69) is 4.98 Å². The van der Waals surface area contributed by atoms with Gasteiger partial charge in [-0.25, -0.2) is 19.0 Å². The molecule has 7 nitrogen and oxygen atoms in total. The topological polar surface area (TPSA) is 111 Å². The van der Waals surface area contributed by atoms with Crippen LogP contribution >= 0.6 is 11.6 Å². The third-order valence-electron chi connectivity index (χ3n) is 5.06. The summed E-state index contributed by atoms with van der Waals surface area (Å²) >= 11 is 6.17. The molecule has 2 aromatic carbocycles. The number of pyridine rings is 1. The number of imide groups is 1. The van der Waals surface area contributed by atoms with E-state index in [1.165, 1.54) is 12.1 Å². The molecule has 0 atom stereocenters. The Morgan fingerprint density at radius 1 is 1.16 bits per heavy atom. The highest BCUT2D eigenvalue weighted by Gasteiger charge is 2.28. The van der Waals surface area contributed by atoms with Gasteiger partial charge in [0.25, 0.3) is 5.91 Å². The molecule has 3 aromatic rings. The first-order valence-electron chi connectivity index (χ1n) is 9.68. The lowest BCUT2D eigenvalue weighted by Gasteiger charge is -2.12. The normalized spacial score (nSPS) is 13.8. The maximum atomic E-state index is 14.3. The molecule has 32 heavy (non-hydrogen) atoms. The lowest BCUT2D eigenvalue weighted by Crippen LogP contribution is -2.37.